The van der Waals surface area contributed by atoms with E-state index in [0.29, 0.717) is 24.5 Å². The zero-order chi connectivity index (χ0) is 20.3. The van der Waals surface area contributed by atoms with Crippen LogP contribution in [0.1, 0.15) is 18.4 Å². The van der Waals surface area contributed by atoms with Crippen molar-refractivity contribution < 1.29 is 9.53 Å². The molecule has 160 valence electrons. The van der Waals surface area contributed by atoms with Crippen molar-refractivity contribution in [3.8, 4) is 0 Å². The van der Waals surface area contributed by atoms with Gasteiger partial charge in [-0.25, -0.2) is 9.48 Å². The van der Waals surface area contributed by atoms with Crippen molar-refractivity contribution in [2.24, 2.45) is 5.41 Å². The molecule has 1 amide bonds. The summed E-state index contributed by atoms with van der Waals surface area (Å²) in [4.78, 5) is 25.5. The fourth-order valence-corrected chi connectivity index (χ4v) is 3.87. The van der Waals surface area contributed by atoms with Gasteiger partial charge in [-0.3, -0.25) is 9.20 Å². The zero-order valence-electron chi connectivity index (χ0n) is 16.8. The normalized spacial score (nSPS) is 15.5. The van der Waals surface area contributed by atoms with E-state index in [4.69, 9.17) is 4.74 Å². The third kappa shape index (κ3) is 4.40. The van der Waals surface area contributed by atoms with E-state index in [1.165, 1.54) is 9.08 Å². The highest BCUT2D eigenvalue weighted by molar-refractivity contribution is 5.95. The maximum Gasteiger partial charge on any atom is 0.350 e. The van der Waals surface area contributed by atoms with Crippen molar-refractivity contribution >= 4 is 29.6 Å². The molecule has 0 spiro atoms. The summed E-state index contributed by atoms with van der Waals surface area (Å²) >= 11 is 0. The van der Waals surface area contributed by atoms with Gasteiger partial charge in [0.15, 0.2) is 5.65 Å². The summed E-state index contributed by atoms with van der Waals surface area (Å²) in [5, 5.41) is 10.7. The highest BCUT2D eigenvalue weighted by Gasteiger charge is 2.39. The van der Waals surface area contributed by atoms with Crippen LogP contribution in [-0.2, 0) is 16.1 Å². The summed E-state index contributed by atoms with van der Waals surface area (Å²) in [6.45, 7) is 2.33. The highest BCUT2D eigenvalue weighted by atomic mass is 35.5. The number of halogens is 1. The van der Waals surface area contributed by atoms with Crippen molar-refractivity contribution in [2.45, 2.75) is 19.4 Å². The number of methoxy groups -OCH3 is 1. The molecule has 30 heavy (non-hydrogen) atoms. The Morgan fingerprint density at radius 1 is 1.23 bits per heavy atom. The number of amides is 1. The van der Waals surface area contributed by atoms with E-state index in [-0.39, 0.29) is 24.0 Å². The summed E-state index contributed by atoms with van der Waals surface area (Å²) in [7, 11) is 1.63. The summed E-state index contributed by atoms with van der Waals surface area (Å²) < 4.78 is 8.29. The maximum atomic E-state index is 13.0. The van der Waals surface area contributed by atoms with Crippen molar-refractivity contribution in [3.63, 3.8) is 0 Å². The zero-order valence-corrected chi connectivity index (χ0v) is 17.7. The maximum absolute atomic E-state index is 13.0. The number of carbonyl (C=O) groups excluding carboxylic acids is 1. The number of nitrogens with one attached hydrogen (secondary N) is 2. The Hall–Kier alpha value is -2.68. The standard InChI is InChI=1S/C21H25N5O3.ClH/c1-29-15-21(8-10-22-11-9-21)19(27)23-17-6-4-5-16(13-17)14-26-20(28)25-12-3-2-7-18(25)24-26;/h2-7,12-13,22H,8-11,14-15H2,1H3,(H,23,27);1H. The van der Waals surface area contributed by atoms with Gasteiger partial charge in [0, 0.05) is 19.0 Å². The second-order valence-corrected chi connectivity index (χ2v) is 7.49. The van der Waals surface area contributed by atoms with E-state index in [1.807, 2.05) is 30.3 Å². The minimum atomic E-state index is -0.519. The number of aromatic nitrogens is 3. The summed E-state index contributed by atoms with van der Waals surface area (Å²) in [6, 6.07) is 13.0. The van der Waals surface area contributed by atoms with Crippen molar-refractivity contribution in [1.82, 2.24) is 19.5 Å². The third-order valence-corrected chi connectivity index (χ3v) is 5.47. The molecule has 1 aliphatic heterocycles. The molecule has 2 aromatic heterocycles. The number of anilines is 1. The van der Waals surface area contributed by atoms with Crippen LogP contribution in [0.2, 0.25) is 0 Å². The lowest BCUT2D eigenvalue weighted by Crippen LogP contribution is -2.47. The second-order valence-electron chi connectivity index (χ2n) is 7.49. The van der Waals surface area contributed by atoms with Gasteiger partial charge in [0.05, 0.1) is 18.6 Å². The molecule has 0 bridgehead atoms. The molecular formula is C21H26ClN5O3. The van der Waals surface area contributed by atoms with Crippen LogP contribution in [0.25, 0.3) is 5.65 Å². The van der Waals surface area contributed by atoms with Crippen molar-refractivity contribution in [3.05, 3.63) is 64.7 Å². The van der Waals surface area contributed by atoms with Crippen LogP contribution in [0.3, 0.4) is 0 Å². The highest BCUT2D eigenvalue weighted by Crippen LogP contribution is 2.31. The van der Waals surface area contributed by atoms with E-state index in [1.54, 1.807) is 25.4 Å². The third-order valence-electron chi connectivity index (χ3n) is 5.47. The number of hydrogen-bond donors (Lipinski definition) is 2. The lowest BCUT2D eigenvalue weighted by molar-refractivity contribution is -0.130. The first kappa shape index (κ1) is 22.0. The molecule has 0 saturated carbocycles. The van der Waals surface area contributed by atoms with E-state index in [0.717, 1.165) is 31.5 Å². The van der Waals surface area contributed by atoms with Gasteiger partial charge in [-0.15, -0.1) is 17.5 Å². The predicted octanol–water partition coefficient (Wildman–Crippen LogP) is 1.92. The topological polar surface area (TPSA) is 89.7 Å². The molecule has 4 rings (SSSR count). The van der Waals surface area contributed by atoms with Crippen LogP contribution in [0.5, 0.6) is 0 Å². The Kier molecular flexibility index (Phi) is 6.91. The van der Waals surface area contributed by atoms with Gasteiger partial charge in [-0.05, 0) is 55.8 Å². The first-order valence-corrected chi connectivity index (χ1v) is 9.76. The summed E-state index contributed by atoms with van der Waals surface area (Å²) in [5.41, 5.74) is 1.49. The first-order chi connectivity index (χ1) is 14.1. The van der Waals surface area contributed by atoms with E-state index >= 15 is 0 Å². The Morgan fingerprint density at radius 2 is 2.03 bits per heavy atom. The Balaban J connectivity index is 0.00000256. The molecule has 0 aliphatic carbocycles. The van der Waals surface area contributed by atoms with E-state index in [2.05, 4.69) is 15.7 Å². The minimum Gasteiger partial charge on any atom is -0.384 e. The van der Waals surface area contributed by atoms with Crippen LogP contribution >= 0.6 is 12.4 Å². The smallest absolute Gasteiger partial charge is 0.350 e. The van der Waals surface area contributed by atoms with Crippen LogP contribution < -0.4 is 16.3 Å². The van der Waals surface area contributed by atoms with Gasteiger partial charge in [0.1, 0.15) is 0 Å². The number of hydrogen-bond acceptors (Lipinski definition) is 5. The number of fused-ring (bicyclic) bond motifs is 1. The molecule has 1 saturated heterocycles. The Morgan fingerprint density at radius 3 is 2.77 bits per heavy atom. The van der Waals surface area contributed by atoms with Crippen LogP contribution in [-0.4, -0.2) is 46.9 Å². The number of nitrogens with zero attached hydrogens (tertiary/aromatic N) is 3. The molecule has 1 aromatic carbocycles. The van der Waals surface area contributed by atoms with Gasteiger partial charge in [-0.2, -0.15) is 0 Å². The molecule has 0 radical (unpaired) electrons. The quantitative estimate of drug-likeness (QED) is 0.622. The Bertz CT molecular complexity index is 1070. The fourth-order valence-electron chi connectivity index (χ4n) is 3.87. The lowest BCUT2D eigenvalue weighted by atomic mass is 9.78. The number of ether oxygens (including phenoxy) is 1. The van der Waals surface area contributed by atoms with Crippen LogP contribution in [0.15, 0.2) is 53.5 Å². The molecule has 1 aliphatic rings. The molecule has 3 heterocycles. The molecule has 0 unspecified atom stereocenters. The average Bonchev–Trinajstić information content (AvgIpc) is 3.05. The van der Waals surface area contributed by atoms with E-state index in [9.17, 15) is 9.59 Å². The monoisotopic (exact) mass is 431 g/mol. The summed E-state index contributed by atoms with van der Waals surface area (Å²) in [6.07, 6.45) is 3.18. The SMILES string of the molecule is COCC1(C(=O)Nc2cccc(Cn3nc4ccccn4c3=O)c2)CCNCC1.Cl. The average molecular weight is 432 g/mol. The van der Waals surface area contributed by atoms with Gasteiger partial charge in [0.25, 0.3) is 0 Å². The number of carbonyl (C=O) groups is 1. The molecule has 0 atom stereocenters. The predicted molar refractivity (Wildman–Crippen MR) is 117 cm³/mol. The molecule has 8 nitrogen and oxygen atoms in total. The van der Waals surface area contributed by atoms with Gasteiger partial charge in [-0.1, -0.05) is 18.2 Å². The van der Waals surface area contributed by atoms with Crippen LogP contribution in [0, 0.1) is 5.41 Å². The first-order valence-electron chi connectivity index (χ1n) is 9.76. The second kappa shape index (κ2) is 9.42. The Labute approximate surface area is 180 Å². The fraction of sp³-hybridized carbons (Fsp3) is 0.381. The van der Waals surface area contributed by atoms with Crippen molar-refractivity contribution in [1.29, 1.82) is 0 Å². The van der Waals surface area contributed by atoms with Gasteiger partial charge in [0.2, 0.25) is 5.91 Å². The molecule has 2 N–H and O–H groups in total. The van der Waals surface area contributed by atoms with E-state index < -0.39 is 5.41 Å². The number of piperidine rings is 1. The molecular weight excluding hydrogens is 406 g/mol. The summed E-state index contributed by atoms with van der Waals surface area (Å²) in [5.74, 6) is -0.0251. The van der Waals surface area contributed by atoms with Crippen molar-refractivity contribution in [2.75, 3.05) is 32.1 Å². The molecule has 9 heteroatoms. The number of benzene rings is 1. The van der Waals surface area contributed by atoms with Gasteiger partial charge < -0.3 is 15.4 Å². The molecule has 1 fully saturated rings. The van der Waals surface area contributed by atoms with Crippen LogP contribution in [0.4, 0.5) is 5.69 Å². The number of rotatable bonds is 6. The minimum absolute atomic E-state index is 0. The van der Waals surface area contributed by atoms with Gasteiger partial charge >= 0.3 is 5.69 Å². The molecule has 3 aromatic rings. The lowest BCUT2D eigenvalue weighted by Gasteiger charge is -2.35. The largest absolute Gasteiger partial charge is 0.384 e. The number of pyridine rings is 1.